The molecule has 4 nitrogen and oxygen atoms in total. The van der Waals surface area contributed by atoms with E-state index >= 15 is 0 Å². The highest BCUT2D eigenvalue weighted by Crippen LogP contribution is 2.35. The molecule has 2 N–H and O–H groups in total. The van der Waals surface area contributed by atoms with Crippen LogP contribution >= 0.6 is 23.2 Å². The van der Waals surface area contributed by atoms with Gasteiger partial charge in [-0.05, 0) is 53.6 Å². The Morgan fingerprint density at radius 3 is 2.27 bits per heavy atom. The maximum Gasteiger partial charge on any atom is 0.238 e. The summed E-state index contributed by atoms with van der Waals surface area (Å²) in [7, 11) is -2.41. The van der Waals surface area contributed by atoms with Gasteiger partial charge in [0.1, 0.15) is 5.75 Å². The number of phenols is 1. The number of aromatic hydroxyl groups is 1. The molecule has 22 heavy (non-hydrogen) atoms. The lowest BCUT2D eigenvalue weighted by Crippen LogP contribution is -1.87. The van der Waals surface area contributed by atoms with Crippen LogP contribution in [0.25, 0.3) is 22.0 Å². The summed E-state index contributed by atoms with van der Waals surface area (Å²) < 4.78 is 22.1. The molecule has 0 unspecified atom stereocenters. The van der Waals surface area contributed by atoms with Crippen molar-refractivity contribution in [1.29, 1.82) is 0 Å². The van der Waals surface area contributed by atoms with Gasteiger partial charge in [0.05, 0.1) is 5.52 Å². The third-order valence-electron chi connectivity index (χ3n) is 3.23. The molecule has 0 aliphatic heterocycles. The highest BCUT2D eigenvalue weighted by Gasteiger charge is 2.09. The van der Waals surface area contributed by atoms with Crippen LogP contribution in [0.4, 0.5) is 0 Å². The van der Waals surface area contributed by atoms with E-state index in [-0.39, 0.29) is 10.4 Å². The van der Waals surface area contributed by atoms with Gasteiger partial charge in [-0.25, -0.2) is 0 Å². The second-order valence-electron chi connectivity index (χ2n) is 4.64. The standard InChI is InChI=1S/C15H9Cl2NO3S/c16-9-5-8(6-10(17)7-9)11-1-3-13(19)15-12(11)2-4-14(18-15)22(20)21/h1-7,18-19H. The number of fused-ring (bicyclic) bond motifs is 1. The monoisotopic (exact) mass is 353 g/mol. The average Bonchev–Trinajstić information content (AvgIpc) is 2.46. The molecule has 0 saturated carbocycles. The Labute approximate surface area is 137 Å². The molecule has 0 aliphatic rings. The van der Waals surface area contributed by atoms with Crippen LogP contribution in [0.2, 0.25) is 10.0 Å². The summed E-state index contributed by atoms with van der Waals surface area (Å²) in [5, 5.41) is 11.6. The minimum Gasteiger partial charge on any atom is -0.506 e. The predicted molar refractivity (Wildman–Crippen MR) is 87.6 cm³/mol. The topological polar surface area (TPSA) is 70.2 Å². The molecule has 0 aliphatic carbocycles. The van der Waals surface area contributed by atoms with E-state index in [0.29, 0.717) is 20.9 Å². The van der Waals surface area contributed by atoms with Crippen molar-refractivity contribution in [3.8, 4) is 16.9 Å². The van der Waals surface area contributed by atoms with E-state index in [2.05, 4.69) is 4.98 Å². The van der Waals surface area contributed by atoms with Gasteiger partial charge < -0.3 is 10.1 Å². The summed E-state index contributed by atoms with van der Waals surface area (Å²) in [5.41, 5.74) is 1.87. The Hall–Kier alpha value is -1.95. The molecule has 0 atom stereocenters. The first-order chi connectivity index (χ1) is 10.5. The van der Waals surface area contributed by atoms with Crippen LogP contribution in [0, 0.1) is 4.64 Å². The number of rotatable bonds is 1. The molecule has 0 spiro atoms. The fourth-order valence-corrected chi connectivity index (χ4v) is 3.19. The second kappa shape index (κ2) is 5.68. The highest BCUT2D eigenvalue weighted by atomic mass is 35.5. The molecule has 1 aromatic heterocycles. The van der Waals surface area contributed by atoms with E-state index in [4.69, 9.17) is 23.2 Å². The van der Waals surface area contributed by atoms with Crippen LogP contribution in [0.1, 0.15) is 0 Å². The zero-order chi connectivity index (χ0) is 15.9. The van der Waals surface area contributed by atoms with E-state index in [0.717, 1.165) is 11.1 Å². The van der Waals surface area contributed by atoms with Gasteiger partial charge in [0.25, 0.3) is 0 Å². The zero-order valence-corrected chi connectivity index (χ0v) is 13.3. The summed E-state index contributed by atoms with van der Waals surface area (Å²) in [4.78, 5) is 2.71. The molecule has 3 aromatic rings. The largest absolute Gasteiger partial charge is 0.506 e. The SMILES string of the molecule is O=S(=O)=c1ccc2c(-c3cc(Cl)cc(Cl)c3)ccc(O)c2[nH]1. The summed E-state index contributed by atoms with van der Waals surface area (Å²) in [6.07, 6.45) is 0. The quantitative estimate of drug-likeness (QED) is 0.642. The van der Waals surface area contributed by atoms with Crippen LogP contribution in [-0.4, -0.2) is 18.5 Å². The van der Waals surface area contributed by atoms with Gasteiger partial charge >= 0.3 is 0 Å². The second-order valence-corrected chi connectivity index (χ2v) is 6.42. The molecule has 3 rings (SSSR count). The van der Waals surface area contributed by atoms with Crippen molar-refractivity contribution in [2.75, 3.05) is 0 Å². The van der Waals surface area contributed by atoms with Crippen LogP contribution in [-0.2, 0) is 10.3 Å². The van der Waals surface area contributed by atoms with Crippen molar-refractivity contribution in [2.45, 2.75) is 0 Å². The molecule has 112 valence electrons. The first kappa shape index (κ1) is 15.0. The van der Waals surface area contributed by atoms with Gasteiger partial charge in [-0.3, -0.25) is 0 Å². The van der Waals surface area contributed by atoms with Gasteiger partial charge in [0, 0.05) is 15.4 Å². The van der Waals surface area contributed by atoms with Crippen molar-refractivity contribution in [1.82, 2.24) is 4.98 Å². The molecule has 0 bridgehead atoms. The first-order valence-electron chi connectivity index (χ1n) is 6.19. The number of hydrogen-bond donors (Lipinski definition) is 2. The van der Waals surface area contributed by atoms with E-state index in [1.54, 1.807) is 30.3 Å². The number of aromatic amines is 1. The van der Waals surface area contributed by atoms with Gasteiger partial charge in [-0.2, -0.15) is 8.42 Å². The molecule has 1 heterocycles. The molecule has 0 saturated heterocycles. The lowest BCUT2D eigenvalue weighted by Gasteiger charge is -2.09. The number of benzene rings is 2. The van der Waals surface area contributed by atoms with Crippen LogP contribution in [0.5, 0.6) is 5.75 Å². The van der Waals surface area contributed by atoms with E-state index in [9.17, 15) is 13.5 Å². The normalized spacial score (nSPS) is 10.8. The molecule has 0 fully saturated rings. The minimum atomic E-state index is -2.41. The summed E-state index contributed by atoms with van der Waals surface area (Å²) >= 11 is 12.1. The maximum atomic E-state index is 11.1. The van der Waals surface area contributed by atoms with E-state index in [1.807, 2.05) is 0 Å². The summed E-state index contributed by atoms with van der Waals surface area (Å²) in [6.45, 7) is 0. The third kappa shape index (κ3) is 2.70. The highest BCUT2D eigenvalue weighted by molar-refractivity contribution is 7.63. The fourth-order valence-electron chi connectivity index (χ4n) is 2.29. The third-order valence-corrected chi connectivity index (χ3v) is 4.26. The van der Waals surface area contributed by atoms with Crippen molar-refractivity contribution in [2.24, 2.45) is 0 Å². The predicted octanol–water partition coefficient (Wildman–Crippen LogP) is 4.26. The van der Waals surface area contributed by atoms with Gasteiger partial charge in [-0.1, -0.05) is 23.2 Å². The molecule has 2 aromatic carbocycles. The number of H-pyrrole nitrogens is 1. The van der Waals surface area contributed by atoms with Crippen molar-refractivity contribution < 1.29 is 13.5 Å². The Morgan fingerprint density at radius 2 is 1.64 bits per heavy atom. The van der Waals surface area contributed by atoms with Crippen molar-refractivity contribution in [3.05, 3.63) is 57.2 Å². The number of nitrogens with one attached hydrogen (secondary N) is 1. The van der Waals surface area contributed by atoms with Crippen molar-refractivity contribution in [3.63, 3.8) is 0 Å². The van der Waals surface area contributed by atoms with Crippen molar-refractivity contribution >= 4 is 44.4 Å². The number of aromatic nitrogens is 1. The smallest absolute Gasteiger partial charge is 0.238 e. The lowest BCUT2D eigenvalue weighted by molar-refractivity contribution is 0.480. The Kier molecular flexibility index (Phi) is 3.87. The van der Waals surface area contributed by atoms with Gasteiger partial charge in [0.2, 0.25) is 10.3 Å². The molecule has 7 heteroatoms. The number of phenolic OH excluding ortho intramolecular Hbond substituents is 1. The minimum absolute atomic E-state index is 0.0101. The van der Waals surface area contributed by atoms with Gasteiger partial charge in [0.15, 0.2) is 4.64 Å². The van der Waals surface area contributed by atoms with E-state index in [1.165, 1.54) is 12.1 Å². The molecule has 0 radical (unpaired) electrons. The first-order valence-corrected chi connectivity index (χ1v) is 8.02. The fraction of sp³-hybridized carbons (Fsp3) is 0. The van der Waals surface area contributed by atoms with E-state index < -0.39 is 10.3 Å². The molecular weight excluding hydrogens is 345 g/mol. The van der Waals surface area contributed by atoms with Gasteiger partial charge in [-0.15, -0.1) is 0 Å². The van der Waals surface area contributed by atoms with Crippen LogP contribution in [0.3, 0.4) is 0 Å². The van der Waals surface area contributed by atoms with Crippen LogP contribution in [0.15, 0.2) is 42.5 Å². The Morgan fingerprint density at radius 1 is 0.955 bits per heavy atom. The zero-order valence-electron chi connectivity index (χ0n) is 11.0. The van der Waals surface area contributed by atoms with Crippen LogP contribution < -0.4 is 0 Å². The summed E-state index contributed by atoms with van der Waals surface area (Å²) in [6, 6.07) is 11.4. The average molecular weight is 354 g/mol. The number of halogens is 2. The summed E-state index contributed by atoms with van der Waals surface area (Å²) in [5.74, 6) is -0.0424. The Balaban J connectivity index is 2.41. The Bertz CT molecular complexity index is 1040. The molecule has 0 amide bonds. The maximum absolute atomic E-state index is 11.1. The number of hydrogen-bond acceptors (Lipinski definition) is 3. The number of pyridine rings is 1. The lowest BCUT2D eigenvalue weighted by atomic mass is 10.0. The molecular formula is C15H9Cl2NO3S.